The molecule has 3 N–H and O–H groups in total. The molecular formula is C21H23N3O5. The van der Waals surface area contributed by atoms with Crippen LogP contribution >= 0.6 is 0 Å². The highest BCUT2D eigenvalue weighted by atomic mass is 16.5. The zero-order valence-corrected chi connectivity index (χ0v) is 16.4. The first-order chi connectivity index (χ1) is 13.8. The van der Waals surface area contributed by atoms with Gasteiger partial charge in [0.2, 0.25) is 0 Å². The molecule has 2 atom stereocenters. The normalized spacial score (nSPS) is 12.2. The number of hydrogen-bond donors (Lipinski definition) is 3. The summed E-state index contributed by atoms with van der Waals surface area (Å²) in [4.78, 5) is 47.5. The zero-order chi connectivity index (χ0) is 21.4. The predicted molar refractivity (Wildman–Crippen MR) is 109 cm³/mol. The van der Waals surface area contributed by atoms with E-state index in [0.29, 0.717) is 16.9 Å². The van der Waals surface area contributed by atoms with Crippen molar-refractivity contribution in [3.8, 4) is 0 Å². The fourth-order valence-corrected chi connectivity index (χ4v) is 2.31. The molecule has 0 spiro atoms. The van der Waals surface area contributed by atoms with E-state index in [0.717, 1.165) is 0 Å². The topological polar surface area (TPSA) is 114 Å². The lowest BCUT2D eigenvalue weighted by atomic mass is 10.1. The predicted octanol–water partition coefficient (Wildman–Crippen LogP) is 2.97. The standard InChI is InChI=1S/C21H23N3O5/c1-13(22-21(28)24-17-7-5-4-6-8-17)20(27)29-15(3)19(26)23-18-11-9-16(10-12-18)14(2)25/h4-13,15H,1-3H3,(H,23,26)(H2,22,24,28)/t13-,15-/m0/s1. The van der Waals surface area contributed by atoms with Crippen LogP contribution in [0, 0.1) is 0 Å². The van der Waals surface area contributed by atoms with Crippen molar-refractivity contribution in [3.05, 3.63) is 60.2 Å². The Morgan fingerprint density at radius 1 is 0.828 bits per heavy atom. The number of para-hydroxylation sites is 1. The number of carbonyl (C=O) groups is 4. The van der Waals surface area contributed by atoms with Gasteiger partial charge >= 0.3 is 12.0 Å². The summed E-state index contributed by atoms with van der Waals surface area (Å²) in [5.41, 5.74) is 1.57. The van der Waals surface area contributed by atoms with Crippen molar-refractivity contribution in [2.75, 3.05) is 10.6 Å². The molecule has 8 nitrogen and oxygen atoms in total. The van der Waals surface area contributed by atoms with Crippen LogP contribution in [0.2, 0.25) is 0 Å². The number of ether oxygens (including phenoxy) is 1. The van der Waals surface area contributed by atoms with Gasteiger partial charge in [-0.3, -0.25) is 9.59 Å². The fraction of sp³-hybridized carbons (Fsp3) is 0.238. The Labute approximate surface area is 168 Å². The molecule has 0 fully saturated rings. The molecule has 2 aromatic carbocycles. The van der Waals surface area contributed by atoms with Crippen LogP contribution in [-0.2, 0) is 14.3 Å². The minimum absolute atomic E-state index is 0.0806. The molecule has 0 aliphatic heterocycles. The van der Waals surface area contributed by atoms with Crippen LogP contribution < -0.4 is 16.0 Å². The van der Waals surface area contributed by atoms with Crippen molar-refractivity contribution in [3.63, 3.8) is 0 Å². The van der Waals surface area contributed by atoms with Crippen molar-refractivity contribution >= 4 is 35.1 Å². The third-order valence-electron chi connectivity index (χ3n) is 3.95. The van der Waals surface area contributed by atoms with Gasteiger partial charge in [0.1, 0.15) is 6.04 Å². The summed E-state index contributed by atoms with van der Waals surface area (Å²) in [5.74, 6) is -1.36. The van der Waals surface area contributed by atoms with Gasteiger partial charge in [0, 0.05) is 16.9 Å². The lowest BCUT2D eigenvalue weighted by Crippen LogP contribution is -2.44. The van der Waals surface area contributed by atoms with E-state index < -0.39 is 30.1 Å². The Hall–Kier alpha value is -3.68. The molecule has 0 aromatic heterocycles. The molecule has 2 aromatic rings. The van der Waals surface area contributed by atoms with Gasteiger partial charge in [-0.1, -0.05) is 18.2 Å². The zero-order valence-electron chi connectivity index (χ0n) is 16.4. The largest absolute Gasteiger partial charge is 0.451 e. The number of amides is 3. The van der Waals surface area contributed by atoms with E-state index in [1.165, 1.54) is 20.8 Å². The molecule has 8 heteroatoms. The van der Waals surface area contributed by atoms with Gasteiger partial charge in [-0.05, 0) is 57.2 Å². The Kier molecular flexibility index (Phi) is 7.47. The third-order valence-corrected chi connectivity index (χ3v) is 3.95. The first-order valence-corrected chi connectivity index (χ1v) is 9.01. The van der Waals surface area contributed by atoms with Crippen molar-refractivity contribution in [1.82, 2.24) is 5.32 Å². The average Bonchev–Trinajstić information content (AvgIpc) is 2.68. The first kappa shape index (κ1) is 21.6. The maximum Gasteiger partial charge on any atom is 0.329 e. The number of urea groups is 1. The summed E-state index contributed by atoms with van der Waals surface area (Å²) >= 11 is 0. The van der Waals surface area contributed by atoms with Gasteiger partial charge in [-0.25, -0.2) is 9.59 Å². The van der Waals surface area contributed by atoms with Gasteiger partial charge in [-0.2, -0.15) is 0 Å². The molecule has 0 aliphatic carbocycles. The fourth-order valence-electron chi connectivity index (χ4n) is 2.31. The second kappa shape index (κ2) is 10.0. The Bertz CT molecular complexity index is 881. The highest BCUT2D eigenvalue weighted by Crippen LogP contribution is 2.11. The van der Waals surface area contributed by atoms with Crippen LogP contribution in [0.3, 0.4) is 0 Å². The van der Waals surface area contributed by atoms with Crippen LogP contribution in [-0.4, -0.2) is 35.8 Å². The Morgan fingerprint density at radius 3 is 2.00 bits per heavy atom. The van der Waals surface area contributed by atoms with Gasteiger partial charge in [-0.15, -0.1) is 0 Å². The van der Waals surface area contributed by atoms with Crippen LogP contribution in [0.15, 0.2) is 54.6 Å². The number of benzene rings is 2. The van der Waals surface area contributed by atoms with Crippen molar-refractivity contribution in [2.24, 2.45) is 0 Å². The molecule has 152 valence electrons. The first-order valence-electron chi connectivity index (χ1n) is 9.01. The van der Waals surface area contributed by atoms with Gasteiger partial charge in [0.15, 0.2) is 11.9 Å². The summed E-state index contributed by atoms with van der Waals surface area (Å²) in [5, 5.41) is 7.64. The molecule has 3 amide bonds. The third kappa shape index (κ3) is 6.76. The number of hydrogen-bond acceptors (Lipinski definition) is 5. The number of ketones is 1. The molecular weight excluding hydrogens is 374 g/mol. The van der Waals surface area contributed by atoms with Gasteiger partial charge in [0.05, 0.1) is 0 Å². The molecule has 0 heterocycles. The second-order valence-electron chi connectivity index (χ2n) is 6.39. The Morgan fingerprint density at radius 2 is 1.41 bits per heavy atom. The maximum atomic E-state index is 12.2. The van der Waals surface area contributed by atoms with E-state index >= 15 is 0 Å². The SMILES string of the molecule is CC(=O)c1ccc(NC(=O)[C@H](C)OC(=O)[C@H](C)NC(=O)Nc2ccccc2)cc1. The minimum Gasteiger partial charge on any atom is -0.451 e. The molecule has 29 heavy (non-hydrogen) atoms. The van der Waals surface area contributed by atoms with E-state index in [4.69, 9.17) is 4.74 Å². The van der Waals surface area contributed by atoms with E-state index in [1.807, 2.05) is 6.07 Å². The molecule has 0 radical (unpaired) electrons. The number of carbonyl (C=O) groups excluding carboxylic acids is 4. The molecule has 0 saturated carbocycles. The highest BCUT2D eigenvalue weighted by Gasteiger charge is 2.23. The summed E-state index contributed by atoms with van der Waals surface area (Å²) in [7, 11) is 0. The molecule has 0 unspecified atom stereocenters. The highest BCUT2D eigenvalue weighted by molar-refractivity contribution is 5.98. The molecule has 0 aliphatic rings. The number of esters is 1. The maximum absolute atomic E-state index is 12.2. The van der Waals surface area contributed by atoms with E-state index in [2.05, 4.69) is 16.0 Å². The van der Waals surface area contributed by atoms with Gasteiger partial charge < -0.3 is 20.7 Å². The molecule has 0 saturated heterocycles. The second-order valence-corrected chi connectivity index (χ2v) is 6.39. The van der Waals surface area contributed by atoms with E-state index in [9.17, 15) is 19.2 Å². The summed E-state index contributed by atoms with van der Waals surface area (Å²) < 4.78 is 5.11. The number of Topliss-reactive ketones (excluding diaryl/α,β-unsaturated/α-hetero) is 1. The van der Waals surface area contributed by atoms with Crippen LogP contribution in [0.5, 0.6) is 0 Å². The summed E-state index contributed by atoms with van der Waals surface area (Å²) in [6.45, 7) is 4.33. The average molecular weight is 397 g/mol. The van der Waals surface area contributed by atoms with Crippen molar-refractivity contribution < 1.29 is 23.9 Å². The summed E-state index contributed by atoms with van der Waals surface area (Å²) in [6.07, 6.45) is -1.07. The number of rotatable bonds is 7. The van der Waals surface area contributed by atoms with E-state index in [-0.39, 0.29) is 5.78 Å². The quantitative estimate of drug-likeness (QED) is 0.491. The lowest BCUT2D eigenvalue weighted by molar-refractivity contribution is -0.154. The Balaban J connectivity index is 1.82. The number of nitrogens with one attached hydrogen (secondary N) is 3. The van der Waals surface area contributed by atoms with Crippen molar-refractivity contribution in [2.45, 2.75) is 32.9 Å². The number of anilines is 2. The van der Waals surface area contributed by atoms with E-state index in [1.54, 1.807) is 48.5 Å². The molecule has 2 rings (SSSR count). The molecule has 0 bridgehead atoms. The minimum atomic E-state index is -1.07. The van der Waals surface area contributed by atoms with Crippen LogP contribution in [0.4, 0.5) is 16.2 Å². The monoisotopic (exact) mass is 397 g/mol. The van der Waals surface area contributed by atoms with Crippen LogP contribution in [0.25, 0.3) is 0 Å². The van der Waals surface area contributed by atoms with Gasteiger partial charge in [0.25, 0.3) is 5.91 Å². The van der Waals surface area contributed by atoms with Crippen LogP contribution in [0.1, 0.15) is 31.1 Å². The smallest absolute Gasteiger partial charge is 0.329 e. The summed E-state index contributed by atoms with van der Waals surface area (Å²) in [6, 6.07) is 13.6. The lowest BCUT2D eigenvalue weighted by Gasteiger charge is -2.18. The van der Waals surface area contributed by atoms with Crippen molar-refractivity contribution in [1.29, 1.82) is 0 Å².